The predicted molar refractivity (Wildman–Crippen MR) is 97.6 cm³/mol. The van der Waals surface area contributed by atoms with Crippen LogP contribution in [-0.4, -0.2) is 36.3 Å². The number of thiophene rings is 1. The molecule has 1 aromatic rings. The summed E-state index contributed by atoms with van der Waals surface area (Å²) < 4.78 is 0. The first-order valence-electron chi connectivity index (χ1n) is 9.00. The summed E-state index contributed by atoms with van der Waals surface area (Å²) in [5, 5.41) is 3.61. The van der Waals surface area contributed by atoms with Crippen molar-refractivity contribution >= 4 is 28.2 Å². The Morgan fingerprint density at radius 2 is 1.88 bits per heavy atom. The third-order valence-electron chi connectivity index (χ3n) is 5.26. The molecule has 0 aliphatic heterocycles. The van der Waals surface area contributed by atoms with Crippen LogP contribution in [0.4, 0.5) is 5.00 Å². The minimum absolute atomic E-state index is 0.0517. The smallest absolute Gasteiger partial charge is 0.251 e. The fraction of sp³-hybridized carbons (Fsp3) is 0.667. The molecule has 0 atom stereocenters. The topological polar surface area (TPSA) is 75.4 Å². The van der Waals surface area contributed by atoms with Crippen LogP contribution in [0.1, 0.15) is 65.7 Å². The van der Waals surface area contributed by atoms with E-state index in [2.05, 4.69) is 10.2 Å². The summed E-state index contributed by atoms with van der Waals surface area (Å²) in [7, 11) is 2.02. The van der Waals surface area contributed by atoms with Crippen molar-refractivity contribution in [1.82, 2.24) is 4.90 Å². The van der Waals surface area contributed by atoms with E-state index < -0.39 is 5.91 Å². The molecule has 1 saturated carbocycles. The third-order valence-corrected chi connectivity index (χ3v) is 6.47. The van der Waals surface area contributed by atoms with Gasteiger partial charge in [0.2, 0.25) is 5.91 Å². The van der Waals surface area contributed by atoms with Crippen molar-refractivity contribution in [2.45, 2.75) is 63.8 Å². The molecule has 3 rings (SSSR count). The van der Waals surface area contributed by atoms with Crippen LogP contribution in [0.25, 0.3) is 0 Å². The highest BCUT2D eigenvalue weighted by Crippen LogP contribution is 2.37. The Hall–Kier alpha value is -1.40. The highest BCUT2D eigenvalue weighted by Gasteiger charge is 2.26. The van der Waals surface area contributed by atoms with Crippen LogP contribution in [0.15, 0.2) is 0 Å². The number of fused-ring (bicyclic) bond motifs is 1. The first-order valence-corrected chi connectivity index (χ1v) is 9.82. The quantitative estimate of drug-likeness (QED) is 0.858. The van der Waals surface area contributed by atoms with Gasteiger partial charge in [-0.15, -0.1) is 11.3 Å². The average molecular weight is 350 g/mol. The van der Waals surface area contributed by atoms with Crippen LogP contribution >= 0.6 is 11.3 Å². The zero-order chi connectivity index (χ0) is 17.1. The van der Waals surface area contributed by atoms with Crippen molar-refractivity contribution in [3.05, 3.63) is 16.0 Å². The summed E-state index contributed by atoms with van der Waals surface area (Å²) in [5.74, 6) is -0.477. The van der Waals surface area contributed by atoms with Gasteiger partial charge in [0.05, 0.1) is 12.1 Å². The summed E-state index contributed by atoms with van der Waals surface area (Å²) in [6, 6.07) is 0.497. The Balaban J connectivity index is 1.67. The maximum absolute atomic E-state index is 12.5. The van der Waals surface area contributed by atoms with Crippen molar-refractivity contribution in [2.24, 2.45) is 5.73 Å². The Morgan fingerprint density at radius 3 is 2.58 bits per heavy atom. The molecule has 2 aliphatic carbocycles. The fourth-order valence-electron chi connectivity index (χ4n) is 3.96. The van der Waals surface area contributed by atoms with E-state index in [0.29, 0.717) is 23.2 Å². The number of rotatable bonds is 5. The maximum Gasteiger partial charge on any atom is 0.251 e. The Kier molecular flexibility index (Phi) is 5.56. The van der Waals surface area contributed by atoms with E-state index in [4.69, 9.17) is 5.73 Å². The summed E-state index contributed by atoms with van der Waals surface area (Å²) in [5.41, 5.74) is 7.19. The molecule has 3 N–H and O–H groups in total. The molecule has 1 fully saturated rings. The number of likely N-dealkylation sites (N-methyl/N-ethyl adjacent to an activating group) is 1. The average Bonchev–Trinajstić information content (AvgIpc) is 2.93. The predicted octanol–water partition coefficient (Wildman–Crippen LogP) is 2.93. The van der Waals surface area contributed by atoms with Crippen LogP contribution in [0.5, 0.6) is 0 Å². The molecule has 0 radical (unpaired) electrons. The van der Waals surface area contributed by atoms with E-state index in [0.717, 1.165) is 31.2 Å². The first kappa shape index (κ1) is 17.4. The summed E-state index contributed by atoms with van der Waals surface area (Å²) in [6.45, 7) is 0.367. The molecule has 24 heavy (non-hydrogen) atoms. The van der Waals surface area contributed by atoms with Gasteiger partial charge in [-0.05, 0) is 51.1 Å². The number of carbonyl (C=O) groups is 2. The van der Waals surface area contributed by atoms with Crippen molar-refractivity contribution in [1.29, 1.82) is 0 Å². The monoisotopic (exact) mass is 349 g/mol. The molecule has 1 heterocycles. The van der Waals surface area contributed by atoms with Gasteiger partial charge in [-0.3, -0.25) is 14.5 Å². The lowest BCUT2D eigenvalue weighted by Gasteiger charge is -2.30. The number of hydrogen-bond donors (Lipinski definition) is 2. The van der Waals surface area contributed by atoms with E-state index in [1.807, 2.05) is 7.05 Å². The van der Waals surface area contributed by atoms with E-state index in [1.165, 1.54) is 48.3 Å². The van der Waals surface area contributed by atoms with E-state index in [9.17, 15) is 9.59 Å². The van der Waals surface area contributed by atoms with Crippen molar-refractivity contribution in [2.75, 3.05) is 18.9 Å². The molecule has 0 bridgehead atoms. The highest BCUT2D eigenvalue weighted by molar-refractivity contribution is 7.17. The molecule has 5 nitrogen and oxygen atoms in total. The second-order valence-electron chi connectivity index (χ2n) is 7.03. The standard InChI is InChI=1S/C18H27N3O2S/c1-21(12-7-3-2-4-8-12)11-15(22)20-18-16(17(19)23)13-9-5-6-10-14(13)24-18/h12H,2-11H2,1H3,(H2,19,23)(H,20,22). The highest BCUT2D eigenvalue weighted by atomic mass is 32.1. The normalized spacial score (nSPS) is 18.4. The molecule has 0 aromatic carbocycles. The number of hydrogen-bond acceptors (Lipinski definition) is 4. The number of nitrogens with zero attached hydrogens (tertiary/aromatic N) is 1. The number of aryl methyl sites for hydroxylation is 1. The minimum atomic E-state index is -0.426. The zero-order valence-electron chi connectivity index (χ0n) is 14.4. The number of primary amides is 1. The lowest BCUT2D eigenvalue weighted by atomic mass is 9.94. The number of amides is 2. The van der Waals surface area contributed by atoms with E-state index in [-0.39, 0.29) is 5.91 Å². The van der Waals surface area contributed by atoms with Gasteiger partial charge in [0.15, 0.2) is 0 Å². The molecule has 2 amide bonds. The Bertz CT molecular complexity index is 620. The molecule has 2 aliphatic rings. The number of carbonyl (C=O) groups excluding carboxylic acids is 2. The molecule has 6 heteroatoms. The second kappa shape index (κ2) is 7.66. The summed E-state index contributed by atoms with van der Waals surface area (Å²) >= 11 is 1.53. The van der Waals surface area contributed by atoms with Gasteiger partial charge in [0, 0.05) is 10.9 Å². The summed E-state index contributed by atoms with van der Waals surface area (Å²) in [4.78, 5) is 27.7. The lowest BCUT2D eigenvalue weighted by Crippen LogP contribution is -2.39. The van der Waals surface area contributed by atoms with Gasteiger partial charge in [0.1, 0.15) is 5.00 Å². The number of anilines is 1. The minimum Gasteiger partial charge on any atom is -0.365 e. The van der Waals surface area contributed by atoms with Gasteiger partial charge >= 0.3 is 0 Å². The molecule has 1 aromatic heterocycles. The van der Waals surface area contributed by atoms with E-state index in [1.54, 1.807) is 0 Å². The zero-order valence-corrected chi connectivity index (χ0v) is 15.2. The van der Waals surface area contributed by atoms with Crippen molar-refractivity contribution in [3.63, 3.8) is 0 Å². The molecule has 132 valence electrons. The van der Waals surface area contributed by atoms with Crippen molar-refractivity contribution < 1.29 is 9.59 Å². The SMILES string of the molecule is CN(CC(=O)Nc1sc2c(c1C(N)=O)CCCC2)C1CCCCC1. The van der Waals surface area contributed by atoms with Gasteiger partial charge in [0.25, 0.3) is 5.91 Å². The molecular weight excluding hydrogens is 322 g/mol. The van der Waals surface area contributed by atoms with Gasteiger partial charge in [-0.1, -0.05) is 19.3 Å². The summed E-state index contributed by atoms with van der Waals surface area (Å²) in [6.07, 6.45) is 10.2. The van der Waals surface area contributed by atoms with Crippen LogP contribution in [0.2, 0.25) is 0 Å². The Labute approximate surface area is 147 Å². The maximum atomic E-state index is 12.5. The van der Waals surface area contributed by atoms with Crippen LogP contribution < -0.4 is 11.1 Å². The molecule has 0 spiro atoms. The molecular formula is C18H27N3O2S. The van der Waals surface area contributed by atoms with Crippen LogP contribution in [0.3, 0.4) is 0 Å². The fourth-order valence-corrected chi connectivity index (χ4v) is 5.27. The van der Waals surface area contributed by atoms with E-state index >= 15 is 0 Å². The Morgan fingerprint density at radius 1 is 1.17 bits per heavy atom. The lowest BCUT2D eigenvalue weighted by molar-refractivity contribution is -0.117. The van der Waals surface area contributed by atoms with Crippen molar-refractivity contribution in [3.8, 4) is 0 Å². The first-order chi connectivity index (χ1) is 11.6. The van der Waals surface area contributed by atoms with Gasteiger partial charge in [-0.2, -0.15) is 0 Å². The van der Waals surface area contributed by atoms with Gasteiger partial charge in [-0.25, -0.2) is 0 Å². The van der Waals surface area contributed by atoms with Crippen LogP contribution in [-0.2, 0) is 17.6 Å². The second-order valence-corrected chi connectivity index (χ2v) is 8.14. The van der Waals surface area contributed by atoms with Crippen LogP contribution in [0, 0.1) is 0 Å². The third kappa shape index (κ3) is 3.81. The van der Waals surface area contributed by atoms with Gasteiger partial charge < -0.3 is 11.1 Å². The molecule has 0 saturated heterocycles. The number of nitrogens with two attached hydrogens (primary N) is 1. The number of nitrogens with one attached hydrogen (secondary N) is 1. The molecule has 0 unspecified atom stereocenters. The largest absolute Gasteiger partial charge is 0.365 e.